The van der Waals surface area contributed by atoms with Gasteiger partial charge in [-0.25, -0.2) is 4.98 Å². The number of nitrogen functional groups attached to an aromatic ring is 1. The fourth-order valence-electron chi connectivity index (χ4n) is 2.18. The Balaban J connectivity index is 2.16. The van der Waals surface area contributed by atoms with Gasteiger partial charge in [-0.05, 0) is 26.7 Å². The molecule has 2 rings (SSSR count). The first-order valence-corrected chi connectivity index (χ1v) is 7.71. The van der Waals surface area contributed by atoms with Crippen molar-refractivity contribution in [2.24, 2.45) is 5.73 Å². The molecule has 21 heavy (non-hydrogen) atoms. The summed E-state index contributed by atoms with van der Waals surface area (Å²) in [6, 6.07) is 0.140. The number of thiazole rings is 1. The molecule has 1 fully saturated rings. The Kier molecular flexibility index (Phi) is 4.40. The van der Waals surface area contributed by atoms with E-state index >= 15 is 0 Å². The summed E-state index contributed by atoms with van der Waals surface area (Å²) in [6.07, 6.45) is 7.41. The van der Waals surface area contributed by atoms with Crippen molar-refractivity contribution in [1.82, 2.24) is 10.3 Å². The highest BCUT2D eigenvalue weighted by molar-refractivity contribution is 7.18. The van der Waals surface area contributed by atoms with E-state index in [2.05, 4.69) is 21.1 Å². The summed E-state index contributed by atoms with van der Waals surface area (Å²) in [5.41, 5.74) is 11.1. The molecule has 0 spiro atoms. The summed E-state index contributed by atoms with van der Waals surface area (Å²) in [4.78, 5) is 19.0. The minimum atomic E-state index is -0.721. The molecule has 0 aliphatic carbocycles. The normalized spacial score (nSPS) is 19.1. The maximum atomic E-state index is 12.2. The van der Waals surface area contributed by atoms with E-state index in [0.29, 0.717) is 4.88 Å². The number of rotatable bonds is 3. The van der Waals surface area contributed by atoms with Gasteiger partial charge in [-0.1, -0.05) is 17.3 Å². The molecule has 114 valence electrons. The Morgan fingerprint density at radius 3 is 2.95 bits per heavy atom. The van der Waals surface area contributed by atoms with Crippen molar-refractivity contribution in [2.45, 2.75) is 38.3 Å². The van der Waals surface area contributed by atoms with E-state index < -0.39 is 5.54 Å². The van der Waals surface area contributed by atoms with E-state index in [9.17, 15) is 4.79 Å². The van der Waals surface area contributed by atoms with Crippen LogP contribution in [0.2, 0.25) is 0 Å². The molecule has 6 nitrogen and oxygen atoms in total. The van der Waals surface area contributed by atoms with Crippen LogP contribution in [0.1, 0.15) is 36.4 Å². The molecule has 0 radical (unpaired) electrons. The third-order valence-electron chi connectivity index (χ3n) is 3.36. The van der Waals surface area contributed by atoms with Crippen molar-refractivity contribution in [3.8, 4) is 12.3 Å². The maximum absolute atomic E-state index is 12.2. The zero-order valence-electron chi connectivity index (χ0n) is 12.3. The molecule has 1 saturated heterocycles. The molecule has 5 N–H and O–H groups in total. The number of nitrogens with zero attached hydrogens (tertiary/aromatic N) is 2. The van der Waals surface area contributed by atoms with Gasteiger partial charge in [0.1, 0.15) is 10.7 Å². The smallest absolute Gasteiger partial charge is 0.266 e. The van der Waals surface area contributed by atoms with E-state index in [1.54, 1.807) is 13.8 Å². The van der Waals surface area contributed by atoms with Crippen LogP contribution < -0.4 is 21.7 Å². The third-order valence-corrected chi connectivity index (χ3v) is 4.49. The molecule has 0 aromatic carbocycles. The van der Waals surface area contributed by atoms with Crippen LogP contribution in [0.3, 0.4) is 0 Å². The topological polar surface area (TPSA) is 97.3 Å². The summed E-state index contributed by atoms with van der Waals surface area (Å²) in [5, 5.41) is 3.50. The molecule has 1 amide bonds. The summed E-state index contributed by atoms with van der Waals surface area (Å²) in [5.74, 6) is 2.47. The molecule has 0 saturated carbocycles. The highest BCUT2D eigenvalue weighted by Crippen LogP contribution is 2.30. The van der Waals surface area contributed by atoms with Crippen molar-refractivity contribution in [2.75, 3.05) is 23.7 Å². The summed E-state index contributed by atoms with van der Waals surface area (Å²) in [7, 11) is 0. The van der Waals surface area contributed by atoms with Gasteiger partial charge in [0.2, 0.25) is 0 Å². The second kappa shape index (κ2) is 5.92. The Hall–Kier alpha value is -1.78. The predicted molar refractivity (Wildman–Crippen MR) is 86.3 cm³/mol. The number of piperidine rings is 1. The average Bonchev–Trinajstić information content (AvgIpc) is 2.80. The van der Waals surface area contributed by atoms with E-state index in [1.165, 1.54) is 11.3 Å². The number of carbonyl (C=O) groups excluding carboxylic acids is 1. The quantitative estimate of drug-likeness (QED) is 0.718. The average molecular weight is 307 g/mol. The standard InChI is InChI=1S/C14H21N5OS/c1-4-14(2,3)18-12(20)10-11(16)17-13(21-10)19-7-5-6-9(15)8-19/h1,9H,5-8,15-16H2,2-3H3,(H,18,20). The lowest BCUT2D eigenvalue weighted by atomic mass is 10.1. The number of nitrogens with two attached hydrogens (primary N) is 2. The van der Waals surface area contributed by atoms with E-state index in [1.807, 2.05) is 0 Å². The number of aromatic nitrogens is 1. The zero-order chi connectivity index (χ0) is 15.6. The summed E-state index contributed by atoms with van der Waals surface area (Å²) in [6.45, 7) is 5.14. The van der Waals surface area contributed by atoms with E-state index in [0.717, 1.165) is 31.1 Å². The number of nitrogens with one attached hydrogen (secondary N) is 1. The van der Waals surface area contributed by atoms with Crippen molar-refractivity contribution in [3.05, 3.63) is 4.88 Å². The molecular weight excluding hydrogens is 286 g/mol. The highest BCUT2D eigenvalue weighted by Gasteiger charge is 2.25. The predicted octanol–water partition coefficient (Wildman–Crippen LogP) is 0.794. The first-order valence-electron chi connectivity index (χ1n) is 6.89. The van der Waals surface area contributed by atoms with Crippen LogP contribution in [0.4, 0.5) is 10.9 Å². The monoisotopic (exact) mass is 307 g/mol. The number of amides is 1. The van der Waals surface area contributed by atoms with Crippen LogP contribution in [0.15, 0.2) is 0 Å². The van der Waals surface area contributed by atoms with Crippen LogP contribution >= 0.6 is 11.3 Å². The fourth-order valence-corrected chi connectivity index (χ4v) is 3.09. The van der Waals surface area contributed by atoms with Gasteiger partial charge in [0.25, 0.3) is 5.91 Å². The van der Waals surface area contributed by atoms with Gasteiger partial charge < -0.3 is 21.7 Å². The Labute approximate surface area is 128 Å². The lowest BCUT2D eigenvalue weighted by Crippen LogP contribution is -2.42. The van der Waals surface area contributed by atoms with Crippen molar-refractivity contribution in [3.63, 3.8) is 0 Å². The largest absolute Gasteiger partial charge is 0.382 e. The molecule has 1 aliphatic heterocycles. The SMILES string of the molecule is C#CC(C)(C)NC(=O)c1sc(N2CCCC(N)C2)nc1N. The number of carbonyl (C=O) groups is 1. The van der Waals surface area contributed by atoms with Crippen LogP contribution in [-0.2, 0) is 0 Å². The summed E-state index contributed by atoms with van der Waals surface area (Å²) < 4.78 is 0. The first-order chi connectivity index (χ1) is 9.82. The van der Waals surface area contributed by atoms with E-state index in [-0.39, 0.29) is 17.8 Å². The molecule has 1 aliphatic rings. The number of hydrogen-bond donors (Lipinski definition) is 3. The second-order valence-corrected chi connectivity index (χ2v) is 6.76. The van der Waals surface area contributed by atoms with Crippen LogP contribution in [0, 0.1) is 12.3 Å². The van der Waals surface area contributed by atoms with Crippen LogP contribution in [0.25, 0.3) is 0 Å². The van der Waals surface area contributed by atoms with Crippen molar-refractivity contribution >= 4 is 28.2 Å². The molecule has 7 heteroatoms. The van der Waals surface area contributed by atoms with Gasteiger partial charge in [0.05, 0.1) is 5.54 Å². The Morgan fingerprint density at radius 1 is 1.62 bits per heavy atom. The molecular formula is C14H21N5OS. The number of terminal acetylenes is 1. The maximum Gasteiger partial charge on any atom is 0.266 e. The summed E-state index contributed by atoms with van der Waals surface area (Å²) >= 11 is 1.28. The Bertz CT molecular complexity index is 574. The van der Waals surface area contributed by atoms with E-state index in [4.69, 9.17) is 17.9 Å². The molecule has 1 atom stereocenters. The number of anilines is 2. The van der Waals surface area contributed by atoms with Gasteiger partial charge >= 0.3 is 0 Å². The molecule has 1 aromatic heterocycles. The highest BCUT2D eigenvalue weighted by atomic mass is 32.1. The third kappa shape index (κ3) is 3.65. The van der Waals surface area contributed by atoms with Gasteiger partial charge in [0.15, 0.2) is 5.13 Å². The minimum absolute atomic E-state index is 0.140. The van der Waals surface area contributed by atoms with Gasteiger partial charge in [-0.3, -0.25) is 4.79 Å². The van der Waals surface area contributed by atoms with Crippen molar-refractivity contribution < 1.29 is 4.79 Å². The van der Waals surface area contributed by atoms with Gasteiger partial charge in [0, 0.05) is 19.1 Å². The minimum Gasteiger partial charge on any atom is -0.382 e. The van der Waals surface area contributed by atoms with Crippen molar-refractivity contribution in [1.29, 1.82) is 0 Å². The zero-order valence-corrected chi connectivity index (χ0v) is 13.2. The van der Waals surface area contributed by atoms with Crippen LogP contribution in [0.5, 0.6) is 0 Å². The molecule has 1 aromatic rings. The van der Waals surface area contributed by atoms with Crippen LogP contribution in [-0.4, -0.2) is 35.6 Å². The lowest BCUT2D eigenvalue weighted by Gasteiger charge is -2.30. The Morgan fingerprint density at radius 2 is 2.33 bits per heavy atom. The molecule has 1 unspecified atom stereocenters. The molecule has 0 bridgehead atoms. The second-order valence-electron chi connectivity index (χ2n) is 5.78. The fraction of sp³-hybridized carbons (Fsp3) is 0.571. The lowest BCUT2D eigenvalue weighted by molar-refractivity contribution is 0.0934. The number of hydrogen-bond acceptors (Lipinski definition) is 6. The van der Waals surface area contributed by atoms with Gasteiger partial charge in [-0.15, -0.1) is 6.42 Å². The first kappa shape index (κ1) is 15.6. The molecule has 2 heterocycles. The van der Waals surface area contributed by atoms with Gasteiger partial charge in [-0.2, -0.15) is 0 Å².